The van der Waals surface area contributed by atoms with Crippen LogP contribution in [0, 0.1) is 0 Å². The normalized spacial score (nSPS) is 12.6. The minimum Gasteiger partial charge on any atom is -0.293 e. The van der Waals surface area contributed by atoms with Crippen LogP contribution in [0.15, 0.2) is 22.7 Å². The second-order valence-electron chi connectivity index (χ2n) is 3.10. The van der Waals surface area contributed by atoms with E-state index in [0.717, 1.165) is 22.0 Å². The molecule has 0 saturated carbocycles. The molecule has 0 aliphatic heterocycles. The van der Waals surface area contributed by atoms with Gasteiger partial charge < -0.3 is 0 Å². The smallest absolute Gasteiger partial charge is 0.176 e. The highest BCUT2D eigenvalue weighted by molar-refractivity contribution is 9.10. The molecular formula is C11H12Br2O. The van der Waals surface area contributed by atoms with Crippen molar-refractivity contribution in [1.82, 2.24) is 0 Å². The quantitative estimate of drug-likeness (QED) is 0.608. The molecule has 0 heterocycles. The van der Waals surface area contributed by atoms with E-state index in [1.54, 1.807) is 0 Å². The first-order valence-electron chi connectivity index (χ1n) is 4.53. The molecule has 0 aliphatic rings. The van der Waals surface area contributed by atoms with Gasteiger partial charge in [-0.25, -0.2) is 0 Å². The third kappa shape index (κ3) is 2.45. The molecule has 0 bridgehead atoms. The second kappa shape index (κ2) is 5.08. The molecule has 0 spiro atoms. The maximum absolute atomic E-state index is 11.8. The highest BCUT2D eigenvalue weighted by Gasteiger charge is 2.16. The van der Waals surface area contributed by atoms with E-state index in [9.17, 15) is 4.79 Å². The average molecular weight is 320 g/mol. The highest BCUT2D eigenvalue weighted by Crippen LogP contribution is 2.23. The molecule has 0 aliphatic carbocycles. The van der Waals surface area contributed by atoms with Crippen molar-refractivity contribution in [2.75, 3.05) is 0 Å². The maximum Gasteiger partial charge on any atom is 0.176 e. The van der Waals surface area contributed by atoms with Crippen LogP contribution in [-0.2, 0) is 6.42 Å². The van der Waals surface area contributed by atoms with Gasteiger partial charge in [-0.15, -0.1) is 0 Å². The minimum atomic E-state index is -0.123. The zero-order chi connectivity index (χ0) is 10.7. The summed E-state index contributed by atoms with van der Waals surface area (Å²) < 4.78 is 1.01. The maximum atomic E-state index is 11.8. The van der Waals surface area contributed by atoms with E-state index < -0.39 is 0 Å². The number of rotatable bonds is 3. The van der Waals surface area contributed by atoms with Gasteiger partial charge in [-0.1, -0.05) is 50.9 Å². The van der Waals surface area contributed by atoms with Gasteiger partial charge in [-0.3, -0.25) is 4.79 Å². The van der Waals surface area contributed by atoms with Crippen LogP contribution in [0.4, 0.5) is 0 Å². The number of carbonyl (C=O) groups excluding carboxylic acids is 1. The van der Waals surface area contributed by atoms with Gasteiger partial charge in [0.05, 0.1) is 4.83 Å². The van der Waals surface area contributed by atoms with Crippen LogP contribution in [0.1, 0.15) is 29.8 Å². The van der Waals surface area contributed by atoms with Gasteiger partial charge >= 0.3 is 0 Å². The van der Waals surface area contributed by atoms with Crippen molar-refractivity contribution in [1.29, 1.82) is 0 Å². The van der Waals surface area contributed by atoms with Gasteiger partial charge in [0, 0.05) is 10.0 Å². The Labute approximate surface area is 101 Å². The zero-order valence-corrected chi connectivity index (χ0v) is 11.4. The number of ketones is 1. The van der Waals surface area contributed by atoms with Crippen molar-refractivity contribution in [2.45, 2.75) is 25.1 Å². The molecule has 1 nitrogen and oxygen atoms in total. The Morgan fingerprint density at radius 1 is 1.50 bits per heavy atom. The van der Waals surface area contributed by atoms with E-state index in [2.05, 4.69) is 38.8 Å². The Kier molecular flexibility index (Phi) is 4.32. The van der Waals surface area contributed by atoms with Crippen LogP contribution in [0.2, 0.25) is 0 Å². The van der Waals surface area contributed by atoms with Crippen LogP contribution >= 0.6 is 31.9 Å². The van der Waals surface area contributed by atoms with E-state index in [-0.39, 0.29) is 10.6 Å². The van der Waals surface area contributed by atoms with Crippen LogP contribution in [0.5, 0.6) is 0 Å². The molecule has 1 atom stereocenters. The molecule has 1 aromatic carbocycles. The lowest BCUT2D eigenvalue weighted by molar-refractivity contribution is 0.0995. The Bertz CT molecular complexity index is 345. The molecular weight excluding hydrogens is 308 g/mol. The third-order valence-corrected chi connectivity index (χ3v) is 3.26. The summed E-state index contributed by atoms with van der Waals surface area (Å²) in [4.78, 5) is 11.7. The van der Waals surface area contributed by atoms with Crippen molar-refractivity contribution in [3.8, 4) is 0 Å². The highest BCUT2D eigenvalue weighted by atomic mass is 79.9. The van der Waals surface area contributed by atoms with Gasteiger partial charge in [0.2, 0.25) is 0 Å². The Morgan fingerprint density at radius 2 is 2.14 bits per heavy atom. The van der Waals surface area contributed by atoms with Crippen LogP contribution in [-0.4, -0.2) is 10.6 Å². The van der Waals surface area contributed by atoms with Crippen molar-refractivity contribution in [2.24, 2.45) is 0 Å². The molecule has 0 amide bonds. The SMILES string of the molecule is CCc1c(Br)cccc1C(=O)C(C)Br. The van der Waals surface area contributed by atoms with Crippen molar-refractivity contribution in [3.63, 3.8) is 0 Å². The predicted octanol–water partition coefficient (Wildman–Crippen LogP) is 3.98. The molecule has 0 fully saturated rings. The van der Waals surface area contributed by atoms with E-state index in [0.29, 0.717) is 0 Å². The van der Waals surface area contributed by atoms with Gasteiger partial charge in [0.25, 0.3) is 0 Å². The number of benzene rings is 1. The van der Waals surface area contributed by atoms with Crippen LogP contribution in [0.3, 0.4) is 0 Å². The largest absolute Gasteiger partial charge is 0.293 e. The number of Topliss-reactive ketones (excluding diaryl/α,β-unsaturated/α-hetero) is 1. The third-order valence-electron chi connectivity index (χ3n) is 2.10. The Morgan fingerprint density at radius 3 is 2.64 bits per heavy atom. The lowest BCUT2D eigenvalue weighted by atomic mass is 10.0. The van der Waals surface area contributed by atoms with Gasteiger partial charge in [0.1, 0.15) is 0 Å². The summed E-state index contributed by atoms with van der Waals surface area (Å²) in [6.45, 7) is 3.90. The fourth-order valence-corrected chi connectivity index (χ4v) is 2.26. The molecule has 76 valence electrons. The van der Waals surface area contributed by atoms with Crippen LogP contribution in [0.25, 0.3) is 0 Å². The summed E-state index contributed by atoms with van der Waals surface area (Å²) in [5.74, 6) is 0.142. The average Bonchev–Trinajstić information content (AvgIpc) is 2.16. The number of hydrogen-bond acceptors (Lipinski definition) is 1. The first kappa shape index (κ1) is 11.9. The molecule has 1 aromatic rings. The summed E-state index contributed by atoms with van der Waals surface area (Å²) in [6, 6.07) is 5.74. The molecule has 1 rings (SSSR count). The summed E-state index contributed by atoms with van der Waals surface area (Å²) in [6.07, 6.45) is 0.863. The number of hydrogen-bond donors (Lipinski definition) is 0. The second-order valence-corrected chi connectivity index (χ2v) is 5.33. The van der Waals surface area contributed by atoms with Gasteiger partial charge in [-0.2, -0.15) is 0 Å². The van der Waals surface area contributed by atoms with E-state index >= 15 is 0 Å². The number of alkyl halides is 1. The molecule has 3 heteroatoms. The van der Waals surface area contributed by atoms with Crippen molar-refractivity contribution >= 4 is 37.6 Å². The molecule has 0 aromatic heterocycles. The molecule has 14 heavy (non-hydrogen) atoms. The lowest BCUT2D eigenvalue weighted by Crippen LogP contribution is -2.12. The summed E-state index contributed by atoms with van der Waals surface area (Å²) in [5.41, 5.74) is 1.90. The molecule has 1 unspecified atom stereocenters. The molecule has 0 N–H and O–H groups in total. The van der Waals surface area contributed by atoms with Crippen molar-refractivity contribution in [3.05, 3.63) is 33.8 Å². The fraction of sp³-hybridized carbons (Fsp3) is 0.364. The lowest BCUT2D eigenvalue weighted by Gasteiger charge is -2.09. The van der Waals surface area contributed by atoms with E-state index in [1.165, 1.54) is 0 Å². The standard InChI is InChI=1S/C11H12Br2O/c1-3-8-9(11(14)7(2)12)5-4-6-10(8)13/h4-7H,3H2,1-2H3. The number of halogens is 2. The first-order chi connectivity index (χ1) is 6.57. The molecule has 0 radical (unpaired) electrons. The van der Waals surface area contributed by atoms with Crippen molar-refractivity contribution < 1.29 is 4.79 Å². The van der Waals surface area contributed by atoms with E-state index in [1.807, 2.05) is 25.1 Å². The van der Waals surface area contributed by atoms with E-state index in [4.69, 9.17) is 0 Å². The first-order valence-corrected chi connectivity index (χ1v) is 6.24. The summed E-state index contributed by atoms with van der Waals surface area (Å²) in [7, 11) is 0. The summed E-state index contributed by atoms with van der Waals surface area (Å²) >= 11 is 6.76. The summed E-state index contributed by atoms with van der Waals surface area (Å²) in [5, 5.41) is 0. The predicted molar refractivity (Wildman–Crippen MR) is 66.2 cm³/mol. The minimum absolute atomic E-state index is 0.123. The Hall–Kier alpha value is -0.150. The van der Waals surface area contributed by atoms with Gasteiger partial charge in [0.15, 0.2) is 5.78 Å². The Balaban J connectivity index is 3.20. The van der Waals surface area contributed by atoms with Gasteiger partial charge in [-0.05, 0) is 25.0 Å². The monoisotopic (exact) mass is 318 g/mol. The topological polar surface area (TPSA) is 17.1 Å². The molecule has 0 saturated heterocycles. The fourth-order valence-electron chi connectivity index (χ4n) is 1.36. The number of carbonyl (C=O) groups is 1. The van der Waals surface area contributed by atoms with Crippen LogP contribution < -0.4 is 0 Å². The zero-order valence-electron chi connectivity index (χ0n) is 8.18.